The van der Waals surface area contributed by atoms with E-state index < -0.39 is 0 Å². The number of aryl methyl sites for hydroxylation is 1. The summed E-state index contributed by atoms with van der Waals surface area (Å²) in [6.07, 6.45) is 3.82. The second kappa shape index (κ2) is 7.61. The van der Waals surface area contributed by atoms with E-state index in [-0.39, 0.29) is 6.10 Å². The topological polar surface area (TPSA) is 52.3 Å². The average molecular weight is 448 g/mol. The van der Waals surface area contributed by atoms with Crippen molar-refractivity contribution in [1.29, 1.82) is 0 Å². The summed E-state index contributed by atoms with van der Waals surface area (Å²) in [6, 6.07) is 3.93. The van der Waals surface area contributed by atoms with Crippen molar-refractivity contribution in [3.63, 3.8) is 0 Å². The maximum Gasteiger partial charge on any atom is 0.211 e. The molecule has 118 valence electrons. The van der Waals surface area contributed by atoms with E-state index in [9.17, 15) is 0 Å². The van der Waals surface area contributed by atoms with Gasteiger partial charge in [-0.1, -0.05) is 11.8 Å². The van der Waals surface area contributed by atoms with Crippen molar-refractivity contribution in [2.75, 3.05) is 6.26 Å². The minimum Gasteiger partial charge on any atom is -0.489 e. The van der Waals surface area contributed by atoms with Crippen molar-refractivity contribution < 1.29 is 4.74 Å². The lowest BCUT2D eigenvalue weighted by molar-refractivity contribution is 0.239. The molecule has 0 unspecified atom stereocenters. The van der Waals surface area contributed by atoms with Gasteiger partial charge in [-0.15, -0.1) is 10.2 Å². The molecule has 1 heterocycles. The first-order chi connectivity index (χ1) is 10.4. The number of ether oxygens (including phenoxy) is 1. The first kappa shape index (κ1) is 17.5. The van der Waals surface area contributed by atoms with Crippen LogP contribution in [-0.4, -0.2) is 33.4 Å². The Hall–Kier alpha value is -0.860. The van der Waals surface area contributed by atoms with Gasteiger partial charge in [0, 0.05) is 0 Å². The van der Waals surface area contributed by atoms with Gasteiger partial charge in [-0.05, 0) is 76.6 Å². The van der Waals surface area contributed by atoms with Crippen LogP contribution in [0.3, 0.4) is 0 Å². The summed E-state index contributed by atoms with van der Waals surface area (Å²) in [5.41, 5.74) is 0.940. The third-order valence-corrected chi connectivity index (χ3v) is 4.44. The molecular formula is C14H16Br2N4OS. The third kappa shape index (κ3) is 4.11. The molecular weight excluding hydrogens is 432 g/mol. The van der Waals surface area contributed by atoms with Gasteiger partial charge in [0.15, 0.2) is 5.82 Å². The lowest BCUT2D eigenvalue weighted by atomic mass is 10.2. The highest BCUT2D eigenvalue weighted by Crippen LogP contribution is 2.35. The minimum atomic E-state index is 0.107. The lowest BCUT2D eigenvalue weighted by Gasteiger charge is -2.13. The lowest BCUT2D eigenvalue weighted by Crippen LogP contribution is -2.07. The summed E-state index contributed by atoms with van der Waals surface area (Å²) in [4.78, 5) is 0. The van der Waals surface area contributed by atoms with Crippen LogP contribution >= 0.6 is 43.6 Å². The van der Waals surface area contributed by atoms with Crippen LogP contribution in [-0.2, 0) is 0 Å². The average Bonchev–Trinajstić information content (AvgIpc) is 2.80. The van der Waals surface area contributed by atoms with Gasteiger partial charge in [-0.25, -0.2) is 0 Å². The zero-order valence-electron chi connectivity index (χ0n) is 12.7. The van der Waals surface area contributed by atoms with Gasteiger partial charge in [0.25, 0.3) is 0 Å². The monoisotopic (exact) mass is 446 g/mol. The molecule has 0 saturated carbocycles. The van der Waals surface area contributed by atoms with Crippen molar-refractivity contribution in [3.05, 3.63) is 32.5 Å². The van der Waals surface area contributed by atoms with E-state index in [0.29, 0.717) is 0 Å². The molecule has 2 rings (SSSR count). The SMILES string of the molecule is CSc1nnc(C)n1/N=C\c1cc(Br)c(OC(C)C)c(Br)c1. The van der Waals surface area contributed by atoms with Crippen molar-refractivity contribution >= 4 is 49.8 Å². The molecule has 0 aliphatic carbocycles. The van der Waals surface area contributed by atoms with Crippen molar-refractivity contribution in [1.82, 2.24) is 14.9 Å². The highest BCUT2D eigenvalue weighted by atomic mass is 79.9. The number of benzene rings is 1. The molecule has 0 radical (unpaired) electrons. The van der Waals surface area contributed by atoms with Gasteiger partial charge < -0.3 is 4.74 Å². The zero-order chi connectivity index (χ0) is 16.3. The summed E-state index contributed by atoms with van der Waals surface area (Å²) < 4.78 is 9.24. The van der Waals surface area contributed by atoms with Gasteiger partial charge in [-0.3, -0.25) is 0 Å². The predicted octanol–water partition coefficient (Wildman–Crippen LogP) is 4.50. The second-order valence-corrected chi connectivity index (χ2v) is 7.25. The Balaban J connectivity index is 2.30. The molecule has 2 aromatic rings. The summed E-state index contributed by atoms with van der Waals surface area (Å²) in [7, 11) is 0. The first-order valence-electron chi connectivity index (χ1n) is 6.58. The van der Waals surface area contributed by atoms with Gasteiger partial charge >= 0.3 is 0 Å². The van der Waals surface area contributed by atoms with E-state index in [1.165, 1.54) is 11.8 Å². The quantitative estimate of drug-likeness (QED) is 0.500. The maximum atomic E-state index is 5.77. The summed E-state index contributed by atoms with van der Waals surface area (Å²) in [5, 5.41) is 13.3. The number of rotatable bonds is 5. The Kier molecular flexibility index (Phi) is 6.05. The Labute approximate surface area is 150 Å². The first-order valence-corrected chi connectivity index (χ1v) is 9.39. The molecule has 0 aliphatic rings. The molecule has 0 N–H and O–H groups in total. The standard InChI is InChI=1S/C14H16Br2N4OS/c1-8(2)21-13-11(15)5-10(6-12(13)16)7-17-20-9(3)18-19-14(20)22-4/h5-8H,1-4H3/b17-7-. The number of thioether (sulfide) groups is 1. The Morgan fingerprint density at radius 2 is 1.91 bits per heavy atom. The fraction of sp³-hybridized carbons (Fsp3) is 0.357. The maximum absolute atomic E-state index is 5.77. The number of halogens is 2. The molecule has 8 heteroatoms. The van der Waals surface area contributed by atoms with E-state index in [2.05, 4.69) is 47.2 Å². The van der Waals surface area contributed by atoms with Crippen LogP contribution < -0.4 is 4.74 Å². The number of aromatic nitrogens is 3. The number of hydrogen-bond acceptors (Lipinski definition) is 5. The second-order valence-electron chi connectivity index (χ2n) is 4.77. The fourth-order valence-corrected chi connectivity index (χ4v) is 3.61. The van der Waals surface area contributed by atoms with Crippen LogP contribution in [0.25, 0.3) is 0 Å². The summed E-state index contributed by atoms with van der Waals surface area (Å²) in [6.45, 7) is 5.86. The number of hydrogen-bond donors (Lipinski definition) is 0. The smallest absolute Gasteiger partial charge is 0.211 e. The molecule has 5 nitrogen and oxygen atoms in total. The van der Waals surface area contributed by atoms with Crippen LogP contribution in [0.2, 0.25) is 0 Å². The molecule has 1 aromatic carbocycles. The molecule has 1 aromatic heterocycles. The predicted molar refractivity (Wildman–Crippen MR) is 97.1 cm³/mol. The van der Waals surface area contributed by atoms with E-state index in [1.54, 1.807) is 10.9 Å². The van der Waals surface area contributed by atoms with Gasteiger partial charge in [0.1, 0.15) is 5.75 Å². The highest BCUT2D eigenvalue weighted by molar-refractivity contribution is 9.11. The van der Waals surface area contributed by atoms with Crippen LogP contribution in [0.15, 0.2) is 31.3 Å². The molecule has 22 heavy (non-hydrogen) atoms. The van der Waals surface area contributed by atoms with Crippen LogP contribution in [0.5, 0.6) is 5.75 Å². The van der Waals surface area contributed by atoms with E-state index in [4.69, 9.17) is 4.74 Å². The van der Waals surface area contributed by atoms with Crippen LogP contribution in [0.1, 0.15) is 25.2 Å². The van der Waals surface area contributed by atoms with Gasteiger partial charge in [0.2, 0.25) is 5.16 Å². The fourth-order valence-electron chi connectivity index (χ4n) is 1.73. The Morgan fingerprint density at radius 1 is 1.27 bits per heavy atom. The van der Waals surface area contributed by atoms with Gasteiger partial charge in [0.05, 0.1) is 21.3 Å². The highest BCUT2D eigenvalue weighted by Gasteiger charge is 2.10. The summed E-state index contributed by atoms with van der Waals surface area (Å²) in [5.74, 6) is 1.54. The zero-order valence-corrected chi connectivity index (χ0v) is 16.7. The Morgan fingerprint density at radius 3 is 2.45 bits per heavy atom. The van der Waals surface area contributed by atoms with Crippen LogP contribution in [0, 0.1) is 6.92 Å². The molecule has 0 atom stereocenters. The number of nitrogens with zero attached hydrogens (tertiary/aromatic N) is 4. The largest absolute Gasteiger partial charge is 0.489 e. The Bertz CT molecular complexity index is 677. The van der Waals surface area contributed by atoms with Crippen molar-refractivity contribution in [2.24, 2.45) is 5.10 Å². The van der Waals surface area contributed by atoms with Crippen molar-refractivity contribution in [3.8, 4) is 5.75 Å². The molecule has 0 bridgehead atoms. The molecule has 0 saturated heterocycles. The van der Waals surface area contributed by atoms with Crippen LogP contribution in [0.4, 0.5) is 0 Å². The van der Waals surface area contributed by atoms with Gasteiger partial charge in [-0.2, -0.15) is 9.78 Å². The minimum absolute atomic E-state index is 0.107. The van der Waals surface area contributed by atoms with Crippen molar-refractivity contribution in [2.45, 2.75) is 32.0 Å². The van der Waals surface area contributed by atoms with E-state index in [0.717, 1.165) is 31.2 Å². The molecule has 0 amide bonds. The molecule has 0 aliphatic heterocycles. The van der Waals surface area contributed by atoms with E-state index in [1.807, 2.05) is 39.2 Å². The molecule has 0 spiro atoms. The third-order valence-electron chi connectivity index (χ3n) is 2.65. The van der Waals surface area contributed by atoms with E-state index >= 15 is 0 Å². The summed E-state index contributed by atoms with van der Waals surface area (Å²) >= 11 is 8.58. The normalized spacial score (nSPS) is 11.6. The molecule has 0 fully saturated rings.